The largest absolute Gasteiger partial charge is 0.208 e. The number of benzene rings is 2. The van der Waals surface area contributed by atoms with Crippen LogP contribution in [0.4, 0.5) is 0 Å². The highest BCUT2D eigenvalue weighted by Crippen LogP contribution is 2.24. The van der Waals surface area contributed by atoms with Gasteiger partial charge in [-0.25, -0.2) is 9.13 Å². The minimum absolute atomic E-state index is 0.653. The molecule has 0 unspecified atom stereocenters. The zero-order valence-corrected chi connectivity index (χ0v) is 17.2. The van der Waals surface area contributed by atoms with E-state index in [0.29, 0.717) is 5.57 Å². The average molecular weight is 390 g/mol. The molecule has 0 fully saturated rings. The van der Waals surface area contributed by atoms with Gasteiger partial charge < -0.3 is 0 Å². The predicted octanol–water partition coefficient (Wildman–Crippen LogP) is 4.73. The molecule has 0 aliphatic heterocycles. The maximum absolute atomic E-state index is 9.69. The molecule has 0 radical (unpaired) electrons. The Morgan fingerprint density at radius 3 is 1.47 bits per heavy atom. The lowest BCUT2D eigenvalue weighted by Gasteiger charge is -2.05. The number of nitriles is 1. The molecule has 30 heavy (non-hydrogen) atoms. The second-order valence-corrected chi connectivity index (χ2v) is 7.37. The van der Waals surface area contributed by atoms with Crippen molar-refractivity contribution in [2.45, 2.75) is 0 Å². The topological polar surface area (TPSA) is 31.5 Å². The van der Waals surface area contributed by atoms with E-state index in [4.69, 9.17) is 0 Å². The normalized spacial score (nSPS) is 11.2. The van der Waals surface area contributed by atoms with E-state index < -0.39 is 0 Å². The van der Waals surface area contributed by atoms with Crippen molar-refractivity contribution in [3.8, 4) is 28.3 Å². The molecule has 0 aliphatic rings. The molecule has 0 saturated carbocycles. The molecule has 2 aromatic carbocycles. The molecule has 0 spiro atoms. The van der Waals surface area contributed by atoms with Gasteiger partial charge in [-0.05, 0) is 39.5 Å². The molecule has 0 aliphatic carbocycles. The third-order valence-corrected chi connectivity index (χ3v) is 5.16. The molecule has 2 heterocycles. The fourth-order valence-electron chi connectivity index (χ4n) is 3.35. The van der Waals surface area contributed by atoms with Crippen LogP contribution in [-0.4, -0.2) is 0 Å². The number of aromatic nitrogens is 2. The van der Waals surface area contributed by atoms with Gasteiger partial charge in [0.1, 0.15) is 14.1 Å². The van der Waals surface area contributed by atoms with Crippen molar-refractivity contribution in [1.29, 1.82) is 5.26 Å². The van der Waals surface area contributed by atoms with Crippen LogP contribution in [0, 0.1) is 11.3 Å². The van der Waals surface area contributed by atoms with E-state index in [1.807, 2.05) is 66.2 Å². The number of hydrogen-bond donors (Lipinski definition) is 0. The summed E-state index contributed by atoms with van der Waals surface area (Å²) in [6.07, 6.45) is 10.1. The Bertz CT molecular complexity index is 1210. The number of nitrogens with zero attached hydrogens (tertiary/aromatic N) is 3. The Kier molecular flexibility index (Phi) is 5.50. The molecule has 0 bridgehead atoms. The van der Waals surface area contributed by atoms with Crippen LogP contribution in [0.5, 0.6) is 0 Å². The highest BCUT2D eigenvalue weighted by molar-refractivity contribution is 5.90. The summed E-state index contributed by atoms with van der Waals surface area (Å²) in [7, 11) is 4.01. The smallest absolute Gasteiger partial charge is 0.169 e. The van der Waals surface area contributed by atoms with Crippen LogP contribution in [0.1, 0.15) is 11.1 Å². The molecule has 4 aromatic rings. The van der Waals surface area contributed by atoms with Crippen molar-refractivity contribution >= 4 is 11.6 Å². The first-order chi connectivity index (χ1) is 14.6. The van der Waals surface area contributed by atoms with Crippen LogP contribution in [-0.2, 0) is 14.1 Å². The van der Waals surface area contributed by atoms with E-state index in [-0.39, 0.29) is 0 Å². The Labute approximate surface area is 177 Å². The summed E-state index contributed by atoms with van der Waals surface area (Å²) in [5, 5.41) is 9.69. The summed E-state index contributed by atoms with van der Waals surface area (Å²) >= 11 is 0. The zero-order valence-electron chi connectivity index (χ0n) is 17.2. The van der Waals surface area contributed by atoms with Crippen molar-refractivity contribution in [3.05, 3.63) is 109 Å². The molecule has 0 atom stereocenters. The maximum Gasteiger partial charge on any atom is 0.169 e. The van der Waals surface area contributed by atoms with Crippen molar-refractivity contribution in [3.63, 3.8) is 0 Å². The van der Waals surface area contributed by atoms with E-state index in [1.54, 1.807) is 0 Å². The lowest BCUT2D eigenvalue weighted by molar-refractivity contribution is -0.671. The maximum atomic E-state index is 9.69. The summed E-state index contributed by atoms with van der Waals surface area (Å²) in [5.74, 6) is 0. The molecular weight excluding hydrogens is 366 g/mol. The number of pyridine rings is 2. The fourth-order valence-corrected chi connectivity index (χ4v) is 3.35. The molecule has 0 saturated heterocycles. The molecule has 4 rings (SSSR count). The quantitative estimate of drug-likeness (QED) is 0.282. The number of rotatable bonds is 4. The first-order valence-electron chi connectivity index (χ1n) is 9.86. The van der Waals surface area contributed by atoms with Crippen LogP contribution in [0.15, 0.2) is 97.6 Å². The van der Waals surface area contributed by atoms with Crippen LogP contribution in [0.2, 0.25) is 0 Å². The highest BCUT2D eigenvalue weighted by Gasteiger charge is 2.05. The van der Waals surface area contributed by atoms with Crippen molar-refractivity contribution in [2.24, 2.45) is 14.1 Å². The first kappa shape index (κ1) is 19.3. The SMILES string of the molecule is C[n+]1ccc(-c2ccc(/C=C(\C#N)c3ccc(-c4cc[n+](C)cc4)cc3)cc2)cc1. The van der Waals surface area contributed by atoms with Gasteiger partial charge in [0.25, 0.3) is 0 Å². The Morgan fingerprint density at radius 1 is 0.633 bits per heavy atom. The van der Waals surface area contributed by atoms with E-state index in [9.17, 15) is 5.26 Å². The van der Waals surface area contributed by atoms with E-state index in [2.05, 4.69) is 66.7 Å². The summed E-state index contributed by atoms with van der Waals surface area (Å²) in [6, 6.07) is 27.1. The third kappa shape index (κ3) is 4.34. The first-order valence-corrected chi connectivity index (χ1v) is 9.86. The van der Waals surface area contributed by atoms with Crippen LogP contribution < -0.4 is 9.13 Å². The standard InChI is InChI=1S/C27H23N3/c1-29-15-11-25(12-16-29)22-5-3-21(4-6-22)19-27(20-28)24-9-7-23(8-10-24)26-13-17-30(2)18-14-26/h3-19H,1-2H3/q+2/b27-19+. The highest BCUT2D eigenvalue weighted by atomic mass is 14.9. The average Bonchev–Trinajstić information content (AvgIpc) is 2.79. The summed E-state index contributed by atoms with van der Waals surface area (Å²) in [6.45, 7) is 0. The van der Waals surface area contributed by atoms with E-state index in [0.717, 1.165) is 27.8 Å². The third-order valence-electron chi connectivity index (χ3n) is 5.16. The Morgan fingerprint density at radius 2 is 1.03 bits per heavy atom. The van der Waals surface area contributed by atoms with Gasteiger partial charge in [0.05, 0.1) is 11.6 Å². The molecule has 3 nitrogen and oxygen atoms in total. The molecule has 0 N–H and O–H groups in total. The van der Waals surface area contributed by atoms with Gasteiger partial charge in [0.15, 0.2) is 24.8 Å². The van der Waals surface area contributed by atoms with Crippen LogP contribution in [0.3, 0.4) is 0 Å². The Balaban J connectivity index is 1.56. The second-order valence-electron chi connectivity index (χ2n) is 7.37. The van der Waals surface area contributed by atoms with Gasteiger partial charge in [0, 0.05) is 24.3 Å². The minimum Gasteiger partial charge on any atom is -0.208 e. The predicted molar refractivity (Wildman–Crippen MR) is 120 cm³/mol. The second kappa shape index (κ2) is 8.55. The number of allylic oxidation sites excluding steroid dienone is 1. The van der Waals surface area contributed by atoms with Gasteiger partial charge >= 0.3 is 0 Å². The van der Waals surface area contributed by atoms with Crippen molar-refractivity contribution < 1.29 is 9.13 Å². The van der Waals surface area contributed by atoms with Gasteiger partial charge in [0.2, 0.25) is 0 Å². The minimum atomic E-state index is 0.653. The van der Waals surface area contributed by atoms with Crippen molar-refractivity contribution in [1.82, 2.24) is 0 Å². The molecule has 144 valence electrons. The van der Waals surface area contributed by atoms with Gasteiger partial charge in [-0.1, -0.05) is 48.5 Å². The molecular formula is C27H23N3+2. The van der Waals surface area contributed by atoms with E-state index >= 15 is 0 Å². The zero-order chi connectivity index (χ0) is 20.9. The number of hydrogen-bond acceptors (Lipinski definition) is 1. The lowest BCUT2D eigenvalue weighted by Crippen LogP contribution is -2.25. The summed E-state index contributed by atoms with van der Waals surface area (Å²) in [4.78, 5) is 0. The van der Waals surface area contributed by atoms with Gasteiger partial charge in [-0.3, -0.25) is 0 Å². The lowest BCUT2D eigenvalue weighted by atomic mass is 9.99. The fraction of sp³-hybridized carbons (Fsp3) is 0.0741. The molecule has 2 aromatic heterocycles. The number of aryl methyl sites for hydroxylation is 2. The molecule has 0 amide bonds. The summed E-state index contributed by atoms with van der Waals surface area (Å²) in [5.41, 5.74) is 7.21. The molecule has 3 heteroatoms. The monoisotopic (exact) mass is 389 g/mol. The van der Waals surface area contributed by atoms with Gasteiger partial charge in [-0.2, -0.15) is 5.26 Å². The van der Waals surface area contributed by atoms with Crippen LogP contribution in [0.25, 0.3) is 33.9 Å². The Hall–Kier alpha value is -4.03. The summed E-state index contributed by atoms with van der Waals surface area (Å²) < 4.78 is 4.03. The van der Waals surface area contributed by atoms with Gasteiger partial charge in [-0.15, -0.1) is 0 Å². The van der Waals surface area contributed by atoms with Crippen LogP contribution >= 0.6 is 0 Å². The van der Waals surface area contributed by atoms with E-state index in [1.165, 1.54) is 5.56 Å². The van der Waals surface area contributed by atoms with Crippen molar-refractivity contribution in [2.75, 3.05) is 0 Å².